The van der Waals surface area contributed by atoms with E-state index in [4.69, 9.17) is 0 Å². The summed E-state index contributed by atoms with van der Waals surface area (Å²) >= 11 is 0. The Kier molecular flexibility index (Phi) is 15.8. The monoisotopic (exact) mass is 525 g/mol. The molecule has 1 aromatic carbocycles. The number of amidine groups is 1. The third kappa shape index (κ3) is 13.0. The van der Waals surface area contributed by atoms with E-state index in [2.05, 4.69) is 17.3 Å². The van der Waals surface area contributed by atoms with Gasteiger partial charge in [-0.25, -0.2) is 0 Å². The first-order valence-electron chi connectivity index (χ1n) is 14.7. The number of carboxylic acid groups (broad SMARTS) is 1. The van der Waals surface area contributed by atoms with Crippen molar-refractivity contribution >= 4 is 29.3 Å². The van der Waals surface area contributed by atoms with Gasteiger partial charge >= 0.3 is 5.97 Å². The Morgan fingerprint density at radius 3 is 2.03 bits per heavy atom. The number of hydrazone groups is 1. The standard InChI is InChI=1S/C31H47N3O4/c1-2-3-4-5-6-7-8-9-10-11-12-13-14-15-16-18-21-26(31(37)38)24-29(35)32-28-25-30(36)34(33-28)27-22-19-17-20-23-27/h17-23,26H,2-16,24-25H2,1H3,(H,37,38)(H,32,33,35)/b21-18+/t26-/m1/s1. The molecule has 1 aliphatic rings. The first kappa shape index (κ1) is 31.3. The van der Waals surface area contributed by atoms with Crippen LogP contribution in [-0.4, -0.2) is 28.7 Å². The maximum absolute atomic E-state index is 12.4. The van der Waals surface area contributed by atoms with Crippen molar-refractivity contribution in [1.29, 1.82) is 0 Å². The molecule has 0 bridgehead atoms. The number of nitrogens with zero attached hydrogens (tertiary/aromatic N) is 2. The van der Waals surface area contributed by atoms with Crippen molar-refractivity contribution in [3.8, 4) is 0 Å². The summed E-state index contributed by atoms with van der Waals surface area (Å²) in [5, 5.41) is 17.6. The SMILES string of the molecule is CCCCCCCCCCCCCCCC/C=C/[C@H](CC(=O)NC1=NN(c2ccccc2)C(=O)C1)C(=O)O. The van der Waals surface area contributed by atoms with E-state index in [0.717, 1.165) is 19.3 Å². The highest BCUT2D eigenvalue weighted by molar-refractivity contribution is 6.15. The molecule has 0 spiro atoms. The third-order valence-electron chi connectivity index (χ3n) is 6.88. The molecule has 38 heavy (non-hydrogen) atoms. The average molecular weight is 526 g/mol. The number of carboxylic acids is 1. The molecule has 210 valence electrons. The van der Waals surface area contributed by atoms with Crippen molar-refractivity contribution < 1.29 is 19.5 Å². The summed E-state index contributed by atoms with van der Waals surface area (Å²) < 4.78 is 0. The summed E-state index contributed by atoms with van der Waals surface area (Å²) in [7, 11) is 0. The Labute approximate surface area is 228 Å². The van der Waals surface area contributed by atoms with Gasteiger partial charge < -0.3 is 10.4 Å². The third-order valence-corrected chi connectivity index (χ3v) is 6.88. The molecule has 1 aliphatic heterocycles. The van der Waals surface area contributed by atoms with Crippen molar-refractivity contribution in [1.82, 2.24) is 5.32 Å². The van der Waals surface area contributed by atoms with Gasteiger partial charge in [-0.15, -0.1) is 0 Å². The lowest BCUT2D eigenvalue weighted by Gasteiger charge is -2.10. The minimum absolute atomic E-state index is 0.0205. The van der Waals surface area contributed by atoms with Gasteiger partial charge in [0, 0.05) is 6.42 Å². The van der Waals surface area contributed by atoms with Gasteiger partial charge in [-0.2, -0.15) is 10.1 Å². The highest BCUT2D eigenvalue weighted by atomic mass is 16.4. The number of benzene rings is 1. The lowest BCUT2D eigenvalue weighted by atomic mass is 10.0. The summed E-state index contributed by atoms with van der Waals surface area (Å²) in [6.07, 6.45) is 22.4. The molecule has 0 saturated carbocycles. The fourth-order valence-corrected chi connectivity index (χ4v) is 4.64. The molecule has 2 rings (SSSR count). The minimum Gasteiger partial charge on any atom is -0.481 e. The Morgan fingerprint density at radius 1 is 0.921 bits per heavy atom. The number of carbonyl (C=O) groups excluding carboxylic acids is 2. The summed E-state index contributed by atoms with van der Waals surface area (Å²) in [4.78, 5) is 36.3. The van der Waals surface area contributed by atoms with Gasteiger partial charge in [0.15, 0.2) is 0 Å². The highest BCUT2D eigenvalue weighted by Crippen LogP contribution is 2.19. The van der Waals surface area contributed by atoms with Crippen LogP contribution in [0.5, 0.6) is 0 Å². The summed E-state index contributed by atoms with van der Waals surface area (Å²) in [6, 6.07) is 8.97. The van der Waals surface area contributed by atoms with Crippen LogP contribution in [0.15, 0.2) is 47.6 Å². The van der Waals surface area contributed by atoms with Gasteiger partial charge in [-0.1, -0.05) is 121 Å². The van der Waals surface area contributed by atoms with Crippen LogP contribution >= 0.6 is 0 Å². The predicted molar refractivity (Wildman–Crippen MR) is 154 cm³/mol. The average Bonchev–Trinajstić information content (AvgIpc) is 3.27. The number of hydrogen-bond acceptors (Lipinski definition) is 4. The molecule has 1 atom stereocenters. The normalized spacial score (nSPS) is 14.2. The van der Waals surface area contributed by atoms with Crippen LogP contribution in [0, 0.1) is 5.92 Å². The van der Waals surface area contributed by atoms with Crippen LogP contribution < -0.4 is 10.3 Å². The van der Waals surface area contributed by atoms with E-state index in [1.54, 1.807) is 30.3 Å². The van der Waals surface area contributed by atoms with E-state index in [0.29, 0.717) is 5.69 Å². The van der Waals surface area contributed by atoms with Crippen LogP contribution in [0.25, 0.3) is 0 Å². The van der Waals surface area contributed by atoms with Crippen LogP contribution in [0.3, 0.4) is 0 Å². The topological polar surface area (TPSA) is 99.1 Å². The molecule has 1 aromatic rings. The van der Waals surface area contributed by atoms with Gasteiger partial charge in [0.05, 0.1) is 18.0 Å². The van der Waals surface area contributed by atoms with E-state index < -0.39 is 17.8 Å². The van der Waals surface area contributed by atoms with Crippen molar-refractivity contribution in [2.24, 2.45) is 11.0 Å². The van der Waals surface area contributed by atoms with Crippen molar-refractivity contribution in [3.63, 3.8) is 0 Å². The molecular formula is C31H47N3O4. The Bertz CT molecular complexity index is 898. The zero-order valence-corrected chi connectivity index (χ0v) is 23.2. The molecule has 0 radical (unpaired) electrons. The lowest BCUT2D eigenvalue weighted by Crippen LogP contribution is -2.32. The van der Waals surface area contributed by atoms with E-state index in [1.807, 2.05) is 12.1 Å². The van der Waals surface area contributed by atoms with Crippen LogP contribution in [-0.2, 0) is 14.4 Å². The van der Waals surface area contributed by atoms with E-state index >= 15 is 0 Å². The minimum atomic E-state index is -1.03. The molecule has 0 saturated heterocycles. The Balaban J connectivity index is 1.55. The molecular weight excluding hydrogens is 478 g/mol. The molecule has 0 fully saturated rings. The van der Waals surface area contributed by atoms with E-state index in [-0.39, 0.29) is 24.6 Å². The number of hydrogen-bond donors (Lipinski definition) is 2. The first-order chi connectivity index (χ1) is 18.5. The predicted octanol–water partition coefficient (Wildman–Crippen LogP) is 7.37. The molecule has 7 nitrogen and oxygen atoms in total. The fraction of sp³-hybridized carbons (Fsp3) is 0.613. The number of nitrogens with one attached hydrogen (secondary N) is 1. The van der Waals surface area contributed by atoms with Crippen LogP contribution in [0.4, 0.5) is 5.69 Å². The maximum Gasteiger partial charge on any atom is 0.310 e. The van der Waals surface area contributed by atoms with Gasteiger partial charge in [0.1, 0.15) is 5.84 Å². The first-order valence-corrected chi connectivity index (χ1v) is 14.7. The molecule has 7 heteroatoms. The van der Waals surface area contributed by atoms with Crippen molar-refractivity contribution in [2.45, 2.75) is 116 Å². The number of carbonyl (C=O) groups is 3. The summed E-state index contributed by atoms with van der Waals surface area (Å²) in [5.74, 6) is -2.40. The number of aliphatic carboxylic acids is 1. The summed E-state index contributed by atoms with van der Waals surface area (Å²) in [5.41, 5.74) is 0.622. The second kappa shape index (κ2) is 19.2. The molecule has 1 heterocycles. The summed E-state index contributed by atoms with van der Waals surface area (Å²) in [6.45, 7) is 2.26. The Hall–Kier alpha value is -2.96. The fourth-order valence-electron chi connectivity index (χ4n) is 4.64. The number of rotatable bonds is 20. The highest BCUT2D eigenvalue weighted by Gasteiger charge is 2.27. The molecule has 0 unspecified atom stereocenters. The zero-order chi connectivity index (χ0) is 27.4. The number of para-hydroxylation sites is 1. The van der Waals surface area contributed by atoms with E-state index in [9.17, 15) is 19.5 Å². The number of anilines is 1. The second-order valence-electron chi connectivity index (χ2n) is 10.3. The van der Waals surface area contributed by atoms with Gasteiger partial charge in [0.25, 0.3) is 5.91 Å². The van der Waals surface area contributed by atoms with Crippen LogP contribution in [0.2, 0.25) is 0 Å². The molecule has 2 N–H and O–H groups in total. The molecule has 2 amide bonds. The lowest BCUT2D eigenvalue weighted by molar-refractivity contribution is -0.142. The second-order valence-corrected chi connectivity index (χ2v) is 10.3. The largest absolute Gasteiger partial charge is 0.481 e. The Morgan fingerprint density at radius 2 is 1.47 bits per heavy atom. The van der Waals surface area contributed by atoms with Crippen molar-refractivity contribution in [2.75, 3.05) is 5.01 Å². The van der Waals surface area contributed by atoms with Crippen LogP contribution in [0.1, 0.15) is 116 Å². The molecule has 0 aliphatic carbocycles. The quantitative estimate of drug-likeness (QED) is 0.137. The smallest absolute Gasteiger partial charge is 0.310 e. The number of allylic oxidation sites excluding steroid dienone is 1. The van der Waals surface area contributed by atoms with Gasteiger partial charge in [-0.3, -0.25) is 14.4 Å². The zero-order valence-electron chi connectivity index (χ0n) is 23.2. The maximum atomic E-state index is 12.4. The molecule has 0 aromatic heterocycles. The van der Waals surface area contributed by atoms with E-state index in [1.165, 1.54) is 82.1 Å². The number of unbranched alkanes of at least 4 members (excludes halogenated alkanes) is 14. The number of amides is 2. The van der Waals surface area contributed by atoms with Gasteiger partial charge in [-0.05, 0) is 25.0 Å². The van der Waals surface area contributed by atoms with Gasteiger partial charge in [0.2, 0.25) is 5.91 Å². The van der Waals surface area contributed by atoms with Crippen molar-refractivity contribution in [3.05, 3.63) is 42.5 Å².